The molecule has 0 saturated carbocycles. The number of pyridine rings is 2. The van der Waals surface area contributed by atoms with Gasteiger partial charge in [-0.15, -0.1) is 0 Å². The normalized spacial score (nSPS) is 14.7. The average molecular weight is 912 g/mol. The van der Waals surface area contributed by atoms with Crippen LogP contribution in [0.15, 0.2) is 134 Å². The standard InChI is InChI=1S/C52H55F2N7O6/c1-3-7-47(10-4-11-49(62)59(2)46-18-24-61(25-19-46)52(65)58-45-9-6-21-56-33-45)66-34-36-26-40(30-42(53)28-36)41-27-37(29-43(54)31-41)35-67-48-14-12-38(13-15-48)50(63)39-16-22-60(23-17-39)51(64)57-44-8-5-20-55-32-44/h4-10,12-15,20-21,26-33,39,46H,3,11,16-19,22-25,34-35H2,1-2H3,(H,57,64)(H,58,65)/b10-4-,47-7+. The van der Waals surface area contributed by atoms with Gasteiger partial charge in [-0.1, -0.05) is 13.0 Å². The topological polar surface area (TPSA) is 146 Å². The maximum atomic E-state index is 15.0. The molecule has 5 aromatic rings. The highest BCUT2D eigenvalue weighted by molar-refractivity contribution is 5.98. The van der Waals surface area contributed by atoms with Crippen molar-refractivity contribution in [1.82, 2.24) is 24.7 Å². The molecule has 7 rings (SSSR count). The number of urea groups is 2. The first-order chi connectivity index (χ1) is 32.5. The molecule has 2 aliphatic rings. The number of ketones is 1. The third-order valence-electron chi connectivity index (χ3n) is 11.8. The van der Waals surface area contributed by atoms with Crippen LogP contribution in [0.25, 0.3) is 11.1 Å². The summed E-state index contributed by atoms with van der Waals surface area (Å²) in [5, 5.41) is 5.69. The van der Waals surface area contributed by atoms with E-state index < -0.39 is 11.6 Å². The summed E-state index contributed by atoms with van der Waals surface area (Å²) in [6.45, 7) is 4.01. The third-order valence-corrected chi connectivity index (χ3v) is 11.8. The van der Waals surface area contributed by atoms with Crippen LogP contribution in [0, 0.1) is 17.6 Å². The van der Waals surface area contributed by atoms with Gasteiger partial charge >= 0.3 is 12.1 Å². The Labute approximate surface area is 389 Å². The van der Waals surface area contributed by atoms with Gasteiger partial charge in [0.2, 0.25) is 5.91 Å². The first-order valence-electron chi connectivity index (χ1n) is 22.5. The Morgan fingerprint density at radius 3 is 1.84 bits per heavy atom. The SMILES string of the molecule is CC/C=C(\C=C/CC(=O)N(C)C1CCN(C(=O)Nc2cccnc2)CC1)OCc1cc(F)cc(-c2cc(F)cc(COc3ccc(C(=O)C4CCN(C(=O)Nc5cccnc5)CC4)cc3)c2)c1. The summed E-state index contributed by atoms with van der Waals surface area (Å²) in [4.78, 5) is 65.1. The van der Waals surface area contributed by atoms with Gasteiger partial charge in [-0.2, -0.15) is 0 Å². The number of nitrogens with zero attached hydrogens (tertiary/aromatic N) is 5. The zero-order valence-electron chi connectivity index (χ0n) is 37.7. The van der Waals surface area contributed by atoms with Crippen molar-refractivity contribution in [2.75, 3.05) is 43.9 Å². The number of benzene rings is 3. The van der Waals surface area contributed by atoms with E-state index in [-0.39, 0.29) is 55.3 Å². The Balaban J connectivity index is 0.871. The molecule has 0 bridgehead atoms. The Kier molecular flexibility index (Phi) is 16.4. The number of halogens is 2. The van der Waals surface area contributed by atoms with E-state index in [0.29, 0.717) is 109 Å². The van der Waals surface area contributed by atoms with Crippen LogP contribution in [0.2, 0.25) is 0 Å². The number of amides is 5. The van der Waals surface area contributed by atoms with Crippen LogP contribution >= 0.6 is 0 Å². The van der Waals surface area contributed by atoms with E-state index in [2.05, 4.69) is 20.6 Å². The summed E-state index contributed by atoms with van der Waals surface area (Å²) >= 11 is 0. The van der Waals surface area contributed by atoms with Crippen molar-refractivity contribution in [3.05, 3.63) is 162 Å². The number of Topliss-reactive ketones (excluding diaryl/α,β-unsaturated/α-hetero) is 1. The van der Waals surface area contributed by atoms with E-state index in [9.17, 15) is 19.2 Å². The molecule has 2 fully saturated rings. The molecule has 348 valence electrons. The number of rotatable bonds is 16. The molecule has 5 amide bonds. The van der Waals surface area contributed by atoms with Crippen molar-refractivity contribution in [1.29, 1.82) is 0 Å². The number of hydrogen-bond donors (Lipinski definition) is 2. The molecule has 2 saturated heterocycles. The summed E-state index contributed by atoms with van der Waals surface area (Å²) in [5.41, 5.74) is 3.79. The zero-order chi connectivity index (χ0) is 47.1. The first kappa shape index (κ1) is 47.5. The van der Waals surface area contributed by atoms with Crippen molar-refractivity contribution in [3.63, 3.8) is 0 Å². The fourth-order valence-corrected chi connectivity index (χ4v) is 8.16. The molecule has 2 aliphatic heterocycles. The molecular formula is C52H55F2N7O6. The largest absolute Gasteiger partial charge is 0.489 e. The summed E-state index contributed by atoms with van der Waals surface area (Å²) in [5.74, 6) is -0.239. The van der Waals surface area contributed by atoms with E-state index in [1.54, 1.807) is 119 Å². The van der Waals surface area contributed by atoms with Gasteiger partial charge in [-0.05, 0) is 151 Å². The van der Waals surface area contributed by atoms with Crippen LogP contribution in [0.4, 0.5) is 29.7 Å². The van der Waals surface area contributed by atoms with Crippen LogP contribution in [-0.4, -0.2) is 87.7 Å². The highest BCUT2D eigenvalue weighted by Crippen LogP contribution is 2.28. The maximum Gasteiger partial charge on any atom is 0.321 e. The van der Waals surface area contributed by atoms with Crippen LogP contribution < -0.4 is 15.4 Å². The van der Waals surface area contributed by atoms with Crippen LogP contribution in [0.1, 0.15) is 66.9 Å². The lowest BCUT2D eigenvalue weighted by Gasteiger charge is -2.36. The van der Waals surface area contributed by atoms with E-state index in [1.165, 1.54) is 24.3 Å². The predicted octanol–water partition coefficient (Wildman–Crippen LogP) is 10.0. The molecule has 2 N–H and O–H groups in total. The van der Waals surface area contributed by atoms with E-state index in [4.69, 9.17) is 9.47 Å². The third kappa shape index (κ3) is 13.6. The molecule has 0 spiro atoms. The van der Waals surface area contributed by atoms with Crippen molar-refractivity contribution in [3.8, 4) is 16.9 Å². The second-order valence-electron chi connectivity index (χ2n) is 16.6. The van der Waals surface area contributed by atoms with Crippen LogP contribution in [0.5, 0.6) is 5.75 Å². The second kappa shape index (κ2) is 23.2. The molecule has 0 unspecified atom stereocenters. The minimum atomic E-state index is -0.507. The minimum Gasteiger partial charge on any atom is -0.489 e. The van der Waals surface area contributed by atoms with Gasteiger partial charge < -0.3 is 34.8 Å². The number of likely N-dealkylation sites (tertiary alicyclic amines) is 2. The Morgan fingerprint density at radius 2 is 1.30 bits per heavy atom. The number of allylic oxidation sites excluding steroid dienone is 2. The summed E-state index contributed by atoms with van der Waals surface area (Å²) < 4.78 is 42.1. The van der Waals surface area contributed by atoms with Gasteiger partial charge in [0.1, 0.15) is 36.4 Å². The Bertz CT molecular complexity index is 2540. The van der Waals surface area contributed by atoms with Crippen LogP contribution in [-0.2, 0) is 22.7 Å². The number of nitrogens with one attached hydrogen (secondary N) is 2. The lowest BCUT2D eigenvalue weighted by Crippen LogP contribution is -2.48. The van der Waals surface area contributed by atoms with Gasteiger partial charge in [0.25, 0.3) is 0 Å². The Morgan fingerprint density at radius 1 is 0.746 bits per heavy atom. The Hall–Kier alpha value is -7.42. The number of piperidine rings is 2. The fourth-order valence-electron chi connectivity index (χ4n) is 8.16. The summed E-state index contributed by atoms with van der Waals surface area (Å²) in [6, 6.07) is 22.4. The fraction of sp³-hybridized carbons (Fsp3) is 0.308. The molecular weight excluding hydrogens is 857 g/mol. The number of aromatic nitrogens is 2. The molecule has 67 heavy (non-hydrogen) atoms. The van der Waals surface area contributed by atoms with Gasteiger partial charge in [0, 0.05) is 69.6 Å². The number of anilines is 2. The second-order valence-corrected chi connectivity index (χ2v) is 16.6. The molecule has 0 atom stereocenters. The highest BCUT2D eigenvalue weighted by atomic mass is 19.1. The molecule has 3 aromatic carbocycles. The number of carbonyl (C=O) groups is 4. The quantitative estimate of drug-likeness (QED) is 0.0565. The van der Waals surface area contributed by atoms with Gasteiger partial charge in [-0.3, -0.25) is 19.6 Å². The van der Waals surface area contributed by atoms with Crippen molar-refractivity contribution >= 4 is 35.1 Å². The molecule has 0 radical (unpaired) electrons. The van der Waals surface area contributed by atoms with Gasteiger partial charge in [-0.25, -0.2) is 18.4 Å². The van der Waals surface area contributed by atoms with Gasteiger partial charge in [0.15, 0.2) is 5.78 Å². The van der Waals surface area contributed by atoms with Gasteiger partial charge in [0.05, 0.1) is 23.8 Å². The van der Waals surface area contributed by atoms with Crippen molar-refractivity contribution < 1.29 is 37.4 Å². The van der Waals surface area contributed by atoms with E-state index in [0.717, 1.165) is 0 Å². The number of hydrogen-bond acceptors (Lipinski definition) is 8. The number of ether oxygens (including phenoxy) is 2. The maximum absolute atomic E-state index is 15.0. The minimum absolute atomic E-state index is 0.00826. The predicted molar refractivity (Wildman–Crippen MR) is 252 cm³/mol. The molecule has 4 heterocycles. The molecule has 0 aliphatic carbocycles. The van der Waals surface area contributed by atoms with Crippen molar-refractivity contribution in [2.24, 2.45) is 5.92 Å². The summed E-state index contributed by atoms with van der Waals surface area (Å²) in [7, 11) is 1.79. The van der Waals surface area contributed by atoms with E-state index in [1.807, 2.05) is 13.0 Å². The average Bonchev–Trinajstić information content (AvgIpc) is 3.35. The summed E-state index contributed by atoms with van der Waals surface area (Å²) in [6.07, 6.45) is 15.1. The lowest BCUT2D eigenvalue weighted by atomic mass is 9.89. The lowest BCUT2D eigenvalue weighted by molar-refractivity contribution is -0.131. The highest BCUT2D eigenvalue weighted by Gasteiger charge is 2.29. The smallest absolute Gasteiger partial charge is 0.321 e. The van der Waals surface area contributed by atoms with Crippen LogP contribution in [0.3, 0.4) is 0 Å². The molecule has 2 aromatic heterocycles. The molecule has 13 nitrogen and oxygen atoms in total. The molecule has 15 heteroatoms. The first-order valence-corrected chi connectivity index (χ1v) is 22.5. The van der Waals surface area contributed by atoms with E-state index >= 15 is 8.78 Å². The zero-order valence-corrected chi connectivity index (χ0v) is 37.7. The number of carbonyl (C=O) groups excluding carboxylic acids is 4. The van der Waals surface area contributed by atoms with Crippen molar-refractivity contribution in [2.45, 2.75) is 64.7 Å². The monoisotopic (exact) mass is 911 g/mol.